The molecule has 1 aromatic heterocycles. The second-order valence-electron chi connectivity index (χ2n) is 8.06. The maximum absolute atomic E-state index is 13.7. The molecule has 192 valence electrons. The van der Waals surface area contributed by atoms with Crippen LogP contribution in [-0.2, 0) is 14.3 Å². The number of allylic oxidation sites excluding steroid dienone is 1. The van der Waals surface area contributed by atoms with Gasteiger partial charge in [0.2, 0.25) is 0 Å². The lowest BCUT2D eigenvalue weighted by atomic mass is 9.95. The second-order valence-corrected chi connectivity index (χ2v) is 9.47. The quantitative estimate of drug-likeness (QED) is 0.334. The van der Waals surface area contributed by atoms with Crippen LogP contribution >= 0.6 is 22.9 Å². The maximum Gasteiger partial charge on any atom is 0.338 e. The molecule has 1 atom stereocenters. The molecule has 0 fully saturated rings. The molecule has 0 radical (unpaired) electrons. The van der Waals surface area contributed by atoms with Crippen LogP contribution < -0.4 is 24.4 Å². The summed E-state index contributed by atoms with van der Waals surface area (Å²) in [5, 5.41) is 0.510. The number of benzene rings is 2. The minimum Gasteiger partial charge on any atom is -0.490 e. The minimum absolute atomic E-state index is 0.162. The summed E-state index contributed by atoms with van der Waals surface area (Å²) in [5.41, 5.74) is 1.61. The van der Waals surface area contributed by atoms with Crippen molar-refractivity contribution in [2.75, 3.05) is 13.2 Å². The highest BCUT2D eigenvalue weighted by molar-refractivity contribution is 7.07. The Labute approximate surface area is 222 Å². The van der Waals surface area contributed by atoms with Gasteiger partial charge in [0.25, 0.3) is 5.56 Å². The van der Waals surface area contributed by atoms with E-state index < -0.39 is 18.0 Å². The molecule has 0 spiro atoms. The SMILES string of the molecule is CCOC(=O)C1=C(C)N=c2s/c(=C/c3ccccc3Cl)c(=O)n2[C@H]1c1ccc(OC(C)=O)c(OCC)c1. The van der Waals surface area contributed by atoms with E-state index in [9.17, 15) is 14.4 Å². The lowest BCUT2D eigenvalue weighted by Crippen LogP contribution is -2.40. The van der Waals surface area contributed by atoms with Crippen molar-refractivity contribution in [3.8, 4) is 11.5 Å². The van der Waals surface area contributed by atoms with Crippen molar-refractivity contribution in [2.45, 2.75) is 33.7 Å². The van der Waals surface area contributed by atoms with Crippen molar-refractivity contribution >= 4 is 41.0 Å². The fourth-order valence-corrected chi connectivity index (χ4v) is 5.27. The van der Waals surface area contributed by atoms with Crippen LogP contribution in [0.4, 0.5) is 0 Å². The molecule has 0 amide bonds. The molecular formula is C27H25ClN2O6S. The monoisotopic (exact) mass is 540 g/mol. The van der Waals surface area contributed by atoms with Crippen LogP contribution in [0.25, 0.3) is 6.08 Å². The zero-order valence-corrected chi connectivity index (χ0v) is 22.3. The third-order valence-electron chi connectivity index (χ3n) is 5.55. The number of nitrogens with zero attached hydrogens (tertiary/aromatic N) is 2. The van der Waals surface area contributed by atoms with Gasteiger partial charge in [-0.3, -0.25) is 14.2 Å². The molecule has 8 nitrogen and oxygen atoms in total. The van der Waals surface area contributed by atoms with Gasteiger partial charge < -0.3 is 14.2 Å². The summed E-state index contributed by atoms with van der Waals surface area (Å²) in [4.78, 5) is 43.4. The van der Waals surface area contributed by atoms with E-state index in [0.717, 1.165) is 0 Å². The molecule has 0 unspecified atom stereocenters. The third-order valence-corrected chi connectivity index (χ3v) is 6.87. The summed E-state index contributed by atoms with van der Waals surface area (Å²) in [6.07, 6.45) is 1.71. The molecule has 3 aromatic rings. The van der Waals surface area contributed by atoms with Crippen LogP contribution in [0.2, 0.25) is 5.02 Å². The molecule has 2 heterocycles. The van der Waals surface area contributed by atoms with Crippen molar-refractivity contribution in [3.63, 3.8) is 0 Å². The van der Waals surface area contributed by atoms with Gasteiger partial charge >= 0.3 is 11.9 Å². The number of fused-ring (bicyclic) bond motifs is 1. The largest absolute Gasteiger partial charge is 0.490 e. The molecular weight excluding hydrogens is 516 g/mol. The fourth-order valence-electron chi connectivity index (χ4n) is 4.04. The lowest BCUT2D eigenvalue weighted by molar-refractivity contribution is -0.139. The summed E-state index contributed by atoms with van der Waals surface area (Å²) in [7, 11) is 0. The third kappa shape index (κ3) is 5.38. The van der Waals surface area contributed by atoms with Crippen molar-refractivity contribution in [1.82, 2.24) is 4.57 Å². The van der Waals surface area contributed by atoms with E-state index >= 15 is 0 Å². The first kappa shape index (κ1) is 26.4. The summed E-state index contributed by atoms with van der Waals surface area (Å²) in [6.45, 7) is 7.00. The Morgan fingerprint density at radius 2 is 1.89 bits per heavy atom. The summed E-state index contributed by atoms with van der Waals surface area (Å²) in [6, 6.07) is 11.3. The molecule has 1 aliphatic heterocycles. The first-order valence-electron chi connectivity index (χ1n) is 11.6. The predicted octanol–water partition coefficient (Wildman–Crippen LogP) is 3.78. The molecule has 1 aliphatic rings. The van der Waals surface area contributed by atoms with Gasteiger partial charge in [-0.1, -0.05) is 47.2 Å². The summed E-state index contributed by atoms with van der Waals surface area (Å²) >= 11 is 7.52. The van der Waals surface area contributed by atoms with Gasteiger partial charge in [0.15, 0.2) is 16.3 Å². The van der Waals surface area contributed by atoms with Crippen LogP contribution in [0.1, 0.15) is 44.9 Å². The number of hydrogen-bond acceptors (Lipinski definition) is 8. The van der Waals surface area contributed by atoms with E-state index in [1.54, 1.807) is 51.1 Å². The predicted molar refractivity (Wildman–Crippen MR) is 141 cm³/mol. The van der Waals surface area contributed by atoms with Gasteiger partial charge in [0.05, 0.1) is 35.1 Å². The summed E-state index contributed by atoms with van der Waals surface area (Å²) < 4.78 is 18.2. The molecule has 2 aromatic carbocycles. The minimum atomic E-state index is -0.839. The van der Waals surface area contributed by atoms with Crippen molar-refractivity contribution in [1.29, 1.82) is 0 Å². The number of thiazole rings is 1. The smallest absolute Gasteiger partial charge is 0.338 e. The first-order valence-corrected chi connectivity index (χ1v) is 12.8. The lowest BCUT2D eigenvalue weighted by Gasteiger charge is -2.25. The average molecular weight is 541 g/mol. The molecule has 0 aliphatic carbocycles. The number of esters is 2. The number of rotatable bonds is 7. The number of halogens is 1. The van der Waals surface area contributed by atoms with Crippen LogP contribution in [0.3, 0.4) is 0 Å². The van der Waals surface area contributed by atoms with Gasteiger partial charge in [-0.15, -0.1) is 0 Å². The second kappa shape index (κ2) is 11.1. The molecule has 0 N–H and O–H groups in total. The Kier molecular flexibility index (Phi) is 7.94. The normalized spacial score (nSPS) is 15.2. The van der Waals surface area contributed by atoms with E-state index in [-0.39, 0.29) is 23.5 Å². The molecule has 37 heavy (non-hydrogen) atoms. The number of hydrogen-bond donors (Lipinski definition) is 0. The van der Waals surface area contributed by atoms with Crippen molar-refractivity contribution in [2.24, 2.45) is 4.99 Å². The van der Waals surface area contributed by atoms with Crippen LogP contribution in [0.15, 0.2) is 63.5 Å². The number of ether oxygens (including phenoxy) is 3. The Morgan fingerprint density at radius 1 is 1.14 bits per heavy atom. The maximum atomic E-state index is 13.7. The molecule has 10 heteroatoms. The van der Waals surface area contributed by atoms with Crippen molar-refractivity contribution in [3.05, 3.63) is 89.6 Å². The Morgan fingerprint density at radius 3 is 2.57 bits per heavy atom. The van der Waals surface area contributed by atoms with Gasteiger partial charge in [-0.25, -0.2) is 9.79 Å². The van der Waals surface area contributed by atoms with Gasteiger partial charge in [-0.05, 0) is 56.2 Å². The number of carbonyl (C=O) groups is 2. The highest BCUT2D eigenvalue weighted by Gasteiger charge is 2.34. The molecule has 4 rings (SSSR count). The van der Waals surface area contributed by atoms with E-state index in [4.69, 9.17) is 25.8 Å². The number of carbonyl (C=O) groups excluding carboxylic acids is 2. The average Bonchev–Trinajstić information content (AvgIpc) is 3.15. The Bertz CT molecular complexity index is 1590. The Hall–Kier alpha value is -3.69. The first-order chi connectivity index (χ1) is 17.7. The van der Waals surface area contributed by atoms with E-state index in [2.05, 4.69) is 4.99 Å². The topological polar surface area (TPSA) is 96.2 Å². The highest BCUT2D eigenvalue weighted by Crippen LogP contribution is 2.36. The number of aromatic nitrogens is 1. The molecule has 0 saturated heterocycles. The van der Waals surface area contributed by atoms with Gasteiger partial charge in [0.1, 0.15) is 0 Å². The standard InChI is InChI=1S/C27H25ClN2O6S/c1-5-34-21-13-18(11-12-20(21)36-16(4)31)24-23(26(33)35-6-2)15(3)29-27-30(24)25(32)22(37-27)14-17-9-7-8-10-19(17)28/h7-14,24H,5-6H2,1-4H3/b22-14+/t24-/m0/s1. The zero-order valence-electron chi connectivity index (χ0n) is 20.7. The van der Waals surface area contributed by atoms with Crippen LogP contribution in [0, 0.1) is 0 Å². The van der Waals surface area contributed by atoms with Crippen LogP contribution in [0.5, 0.6) is 11.5 Å². The molecule has 0 saturated carbocycles. The van der Waals surface area contributed by atoms with Gasteiger partial charge in [-0.2, -0.15) is 0 Å². The highest BCUT2D eigenvalue weighted by atomic mass is 35.5. The fraction of sp³-hybridized carbons (Fsp3) is 0.259. The molecule has 0 bridgehead atoms. The van der Waals surface area contributed by atoms with E-state index in [1.807, 2.05) is 18.2 Å². The van der Waals surface area contributed by atoms with E-state index in [0.29, 0.717) is 43.5 Å². The van der Waals surface area contributed by atoms with Crippen LogP contribution in [-0.4, -0.2) is 29.7 Å². The zero-order chi connectivity index (χ0) is 26.7. The van der Waals surface area contributed by atoms with Gasteiger partial charge in [0, 0.05) is 11.9 Å². The van der Waals surface area contributed by atoms with Crippen molar-refractivity contribution < 1.29 is 23.8 Å². The Balaban J connectivity index is 1.97. The summed E-state index contributed by atoms with van der Waals surface area (Å²) in [5.74, 6) is -0.519. The van der Waals surface area contributed by atoms with E-state index in [1.165, 1.54) is 22.8 Å².